The number of methoxy groups -OCH3 is 1. The van der Waals surface area contributed by atoms with Crippen LogP contribution in [0, 0.1) is 0 Å². The van der Waals surface area contributed by atoms with E-state index in [1.807, 2.05) is 6.07 Å². The lowest BCUT2D eigenvalue weighted by molar-refractivity contribution is 0.0677. The van der Waals surface area contributed by atoms with Crippen LogP contribution in [-0.2, 0) is 0 Å². The van der Waals surface area contributed by atoms with Crippen LogP contribution in [0.25, 0.3) is 0 Å². The van der Waals surface area contributed by atoms with Crippen molar-refractivity contribution >= 4 is 0 Å². The van der Waals surface area contributed by atoms with Gasteiger partial charge in [0, 0.05) is 11.6 Å². The number of benzene rings is 1. The summed E-state index contributed by atoms with van der Waals surface area (Å²) in [7, 11) is 1.60. The van der Waals surface area contributed by atoms with E-state index in [2.05, 4.69) is 0 Å². The molecule has 0 unspecified atom stereocenters. The Morgan fingerprint density at radius 3 is 3.07 bits per heavy atom. The number of nitrogens with two attached hydrogens (primary N) is 1. The summed E-state index contributed by atoms with van der Waals surface area (Å²) in [6.45, 7) is 0.237. The van der Waals surface area contributed by atoms with Crippen LogP contribution in [0.5, 0.6) is 11.5 Å². The van der Waals surface area contributed by atoms with Gasteiger partial charge in [-0.25, -0.2) is 0 Å². The predicted molar refractivity (Wildman–Crippen MR) is 51.4 cm³/mol. The van der Waals surface area contributed by atoms with E-state index in [1.165, 1.54) is 0 Å². The summed E-state index contributed by atoms with van der Waals surface area (Å²) in [5, 5.41) is 9.47. The van der Waals surface area contributed by atoms with Gasteiger partial charge in [-0.05, 0) is 12.1 Å². The summed E-state index contributed by atoms with van der Waals surface area (Å²) < 4.78 is 10.4. The summed E-state index contributed by atoms with van der Waals surface area (Å²) in [5.74, 6) is 1.43. The second kappa shape index (κ2) is 3.48. The van der Waals surface area contributed by atoms with Crippen LogP contribution in [0.2, 0.25) is 0 Å². The van der Waals surface area contributed by atoms with E-state index in [-0.39, 0.29) is 12.6 Å². The molecule has 0 bridgehead atoms. The molecule has 2 atom stereocenters. The third kappa shape index (κ3) is 1.42. The fraction of sp³-hybridized carbons (Fsp3) is 0.400. The van der Waals surface area contributed by atoms with Gasteiger partial charge in [0.2, 0.25) is 0 Å². The molecule has 1 aromatic carbocycles. The predicted octanol–water partition coefficient (Wildman–Crippen LogP) is 0.448. The van der Waals surface area contributed by atoms with Crippen molar-refractivity contribution in [2.75, 3.05) is 13.7 Å². The highest BCUT2D eigenvalue weighted by molar-refractivity contribution is 5.44. The first-order valence-corrected chi connectivity index (χ1v) is 4.46. The van der Waals surface area contributed by atoms with Crippen LogP contribution in [0.3, 0.4) is 0 Å². The van der Waals surface area contributed by atoms with Crippen molar-refractivity contribution in [1.29, 1.82) is 0 Å². The Morgan fingerprint density at radius 1 is 1.57 bits per heavy atom. The van der Waals surface area contributed by atoms with Gasteiger partial charge in [-0.3, -0.25) is 0 Å². The van der Waals surface area contributed by atoms with E-state index in [1.54, 1.807) is 19.2 Å². The molecular weight excluding hydrogens is 182 g/mol. The minimum atomic E-state index is -0.629. The van der Waals surface area contributed by atoms with E-state index >= 15 is 0 Å². The van der Waals surface area contributed by atoms with Gasteiger partial charge >= 0.3 is 0 Å². The highest BCUT2D eigenvalue weighted by Gasteiger charge is 2.26. The summed E-state index contributed by atoms with van der Waals surface area (Å²) in [6, 6.07) is 5.03. The molecule has 1 aromatic rings. The lowest BCUT2D eigenvalue weighted by Crippen LogP contribution is -2.35. The van der Waals surface area contributed by atoms with Gasteiger partial charge in [-0.2, -0.15) is 0 Å². The number of aliphatic hydroxyl groups is 1. The molecule has 76 valence electrons. The number of fused-ring (bicyclic) bond motifs is 1. The summed E-state index contributed by atoms with van der Waals surface area (Å²) in [5.41, 5.74) is 6.63. The Balaban J connectivity index is 2.38. The number of rotatable bonds is 1. The van der Waals surface area contributed by atoms with E-state index < -0.39 is 6.10 Å². The smallest absolute Gasteiger partial charge is 0.128 e. The second-order valence-corrected chi connectivity index (χ2v) is 3.31. The maximum atomic E-state index is 9.47. The van der Waals surface area contributed by atoms with Crippen molar-refractivity contribution in [2.45, 2.75) is 12.1 Å². The molecule has 0 spiro atoms. The summed E-state index contributed by atoms with van der Waals surface area (Å²) >= 11 is 0. The van der Waals surface area contributed by atoms with Gasteiger partial charge in [0.05, 0.1) is 13.2 Å². The lowest BCUT2D eigenvalue weighted by Gasteiger charge is -2.27. The minimum absolute atomic E-state index is 0.237. The molecule has 1 heterocycles. The van der Waals surface area contributed by atoms with Crippen molar-refractivity contribution in [2.24, 2.45) is 5.73 Å². The SMILES string of the molecule is COc1ccc2c(c1)OC[C@@H](O)[C@H]2N. The molecule has 2 rings (SSSR count). The summed E-state index contributed by atoms with van der Waals surface area (Å²) in [4.78, 5) is 0. The van der Waals surface area contributed by atoms with Crippen molar-refractivity contribution in [3.8, 4) is 11.5 Å². The standard InChI is InChI=1S/C10H13NO3/c1-13-6-2-3-7-9(4-6)14-5-8(12)10(7)11/h2-4,8,10,12H,5,11H2,1H3/t8-,10+/m1/s1. The van der Waals surface area contributed by atoms with Crippen LogP contribution < -0.4 is 15.2 Å². The molecule has 1 aliphatic rings. The number of hydrogen-bond donors (Lipinski definition) is 2. The van der Waals surface area contributed by atoms with E-state index in [0.29, 0.717) is 5.75 Å². The third-order valence-corrected chi connectivity index (χ3v) is 2.40. The fourth-order valence-electron chi connectivity index (χ4n) is 1.53. The zero-order chi connectivity index (χ0) is 10.1. The number of aliphatic hydroxyl groups excluding tert-OH is 1. The molecule has 0 saturated carbocycles. The Labute approximate surface area is 82.2 Å². The molecular formula is C10H13NO3. The van der Waals surface area contributed by atoms with Crippen LogP contribution in [0.15, 0.2) is 18.2 Å². The molecule has 0 saturated heterocycles. The Kier molecular flexibility index (Phi) is 2.31. The normalized spacial score (nSPS) is 25.1. The van der Waals surface area contributed by atoms with E-state index in [4.69, 9.17) is 15.2 Å². The van der Waals surface area contributed by atoms with E-state index in [9.17, 15) is 5.11 Å². The van der Waals surface area contributed by atoms with Gasteiger partial charge < -0.3 is 20.3 Å². The van der Waals surface area contributed by atoms with Crippen LogP contribution in [0.4, 0.5) is 0 Å². The third-order valence-electron chi connectivity index (χ3n) is 2.40. The second-order valence-electron chi connectivity index (χ2n) is 3.31. The first kappa shape index (κ1) is 9.30. The molecule has 0 radical (unpaired) electrons. The van der Waals surface area contributed by atoms with Gasteiger partial charge in [0.1, 0.15) is 24.2 Å². The zero-order valence-electron chi connectivity index (χ0n) is 7.93. The quantitative estimate of drug-likeness (QED) is 0.682. The largest absolute Gasteiger partial charge is 0.497 e. The van der Waals surface area contributed by atoms with Gasteiger partial charge in [-0.1, -0.05) is 0 Å². The first-order chi connectivity index (χ1) is 6.72. The van der Waals surface area contributed by atoms with E-state index in [0.717, 1.165) is 11.3 Å². The molecule has 4 nitrogen and oxygen atoms in total. The topological polar surface area (TPSA) is 64.7 Å². The van der Waals surface area contributed by atoms with Gasteiger partial charge in [-0.15, -0.1) is 0 Å². The minimum Gasteiger partial charge on any atom is -0.497 e. The Bertz CT molecular complexity index is 340. The molecule has 0 fully saturated rings. The average molecular weight is 195 g/mol. The molecule has 4 heteroatoms. The molecule has 0 aromatic heterocycles. The van der Waals surface area contributed by atoms with Crippen LogP contribution in [0.1, 0.15) is 11.6 Å². The maximum Gasteiger partial charge on any atom is 0.128 e. The van der Waals surface area contributed by atoms with Crippen molar-refractivity contribution in [3.05, 3.63) is 23.8 Å². The fourth-order valence-corrected chi connectivity index (χ4v) is 1.53. The first-order valence-electron chi connectivity index (χ1n) is 4.46. The molecule has 0 amide bonds. The monoisotopic (exact) mass is 195 g/mol. The van der Waals surface area contributed by atoms with Crippen molar-refractivity contribution in [3.63, 3.8) is 0 Å². The van der Waals surface area contributed by atoms with Gasteiger partial charge in [0.25, 0.3) is 0 Å². The Hall–Kier alpha value is -1.26. The zero-order valence-corrected chi connectivity index (χ0v) is 7.93. The molecule has 14 heavy (non-hydrogen) atoms. The van der Waals surface area contributed by atoms with Crippen LogP contribution >= 0.6 is 0 Å². The highest BCUT2D eigenvalue weighted by Crippen LogP contribution is 2.33. The molecule has 1 aliphatic heterocycles. The number of ether oxygens (including phenoxy) is 2. The Morgan fingerprint density at radius 2 is 2.36 bits per heavy atom. The molecule has 3 N–H and O–H groups in total. The molecule has 0 aliphatic carbocycles. The highest BCUT2D eigenvalue weighted by atomic mass is 16.5. The lowest BCUT2D eigenvalue weighted by atomic mass is 9.99. The maximum absolute atomic E-state index is 9.47. The van der Waals surface area contributed by atoms with Crippen molar-refractivity contribution in [1.82, 2.24) is 0 Å². The van der Waals surface area contributed by atoms with Crippen LogP contribution in [-0.4, -0.2) is 24.9 Å². The summed E-state index contributed by atoms with van der Waals surface area (Å²) in [6.07, 6.45) is -0.629. The van der Waals surface area contributed by atoms with Gasteiger partial charge in [0.15, 0.2) is 0 Å². The van der Waals surface area contributed by atoms with Crippen molar-refractivity contribution < 1.29 is 14.6 Å². The number of hydrogen-bond acceptors (Lipinski definition) is 4. The average Bonchev–Trinajstić information content (AvgIpc) is 2.23.